The molecule has 48 heavy (non-hydrogen) atoms. The highest BCUT2D eigenvalue weighted by atomic mass is 31.2. The van der Waals surface area contributed by atoms with Crippen LogP contribution in [0.3, 0.4) is 0 Å². The van der Waals surface area contributed by atoms with Gasteiger partial charge in [-0.3, -0.25) is 19.2 Å². The molecule has 0 bridgehead atoms. The first-order valence-electron chi connectivity index (χ1n) is 16.8. The molecule has 3 rings (SSSR count). The lowest BCUT2D eigenvalue weighted by Gasteiger charge is -2.40. The Hall–Kier alpha value is -3.45. The molecule has 0 aliphatic rings. The van der Waals surface area contributed by atoms with E-state index in [0.717, 1.165) is 25.4 Å². The van der Waals surface area contributed by atoms with E-state index in [1.165, 1.54) is 13.3 Å². The Kier molecular flexibility index (Phi) is 12.9. The lowest BCUT2D eigenvalue weighted by molar-refractivity contribution is 0.0950. The number of ketones is 1. The van der Waals surface area contributed by atoms with E-state index in [0.29, 0.717) is 45.0 Å². The Labute approximate surface area is 288 Å². The zero-order valence-electron chi connectivity index (χ0n) is 30.4. The molecule has 258 valence electrons. The van der Waals surface area contributed by atoms with Gasteiger partial charge < -0.3 is 15.2 Å². The first kappa shape index (κ1) is 39.0. The minimum absolute atomic E-state index is 0.145. The largest absolute Gasteiger partial charge is 0.352 e. The first-order chi connectivity index (χ1) is 22.4. The van der Waals surface area contributed by atoms with Crippen LogP contribution >= 0.6 is 7.14 Å². The lowest BCUT2D eigenvalue weighted by atomic mass is 9.98. The van der Waals surface area contributed by atoms with E-state index in [1.807, 2.05) is 7.05 Å². The first-order valence-corrected chi connectivity index (χ1v) is 21.7. The van der Waals surface area contributed by atoms with E-state index < -0.39 is 26.3 Å². The molecule has 7 nitrogen and oxygen atoms in total. The maximum absolute atomic E-state index is 15.0. The van der Waals surface area contributed by atoms with Gasteiger partial charge in [-0.2, -0.15) is 0 Å². The highest BCUT2D eigenvalue weighted by molar-refractivity contribution is 8.01. The summed E-state index contributed by atoms with van der Waals surface area (Å²) in [5.41, 5.74) is 1.61. The highest BCUT2D eigenvalue weighted by Gasteiger charge is 2.45. The van der Waals surface area contributed by atoms with Gasteiger partial charge in [-0.15, -0.1) is 0 Å². The number of carbonyl (C=O) groups is 4. The van der Waals surface area contributed by atoms with Crippen molar-refractivity contribution in [3.8, 4) is 0 Å². The topological polar surface area (TPSA) is 109 Å². The maximum Gasteiger partial charge on any atom is 0.251 e. The molecule has 1 atom stereocenters. The second-order valence-electron chi connectivity index (χ2n) is 14.4. The standard InChI is InChI=1S/C39H53N2O5PSi/c1-26-22-31(30(5)42)23-27(2)34(26)37(44)47(46,33-16-12-11-13-17-33)38(45)35-28(3)24-32(25-29(35)4)36(43)41-20-15-21-48(9,10)39(6,7)18-14-19-40-8/h11-13,16-17,22-25,40H,14-15,18-21H2,1-10H3,(H,41,43). The summed E-state index contributed by atoms with van der Waals surface area (Å²) >= 11 is 0. The second-order valence-corrected chi connectivity index (χ2v) is 22.6. The number of aryl methyl sites for hydroxylation is 4. The van der Waals surface area contributed by atoms with E-state index in [9.17, 15) is 19.2 Å². The van der Waals surface area contributed by atoms with Crippen LogP contribution in [-0.4, -0.2) is 51.0 Å². The van der Waals surface area contributed by atoms with Crippen LogP contribution in [0.25, 0.3) is 0 Å². The Balaban J connectivity index is 1.89. The second kappa shape index (κ2) is 15.8. The fraction of sp³-hybridized carbons (Fsp3) is 0.436. The fourth-order valence-corrected chi connectivity index (χ4v) is 11.6. The molecular weight excluding hydrogens is 635 g/mol. The molecule has 0 aliphatic carbocycles. The summed E-state index contributed by atoms with van der Waals surface area (Å²) in [5.74, 6) is -0.379. The lowest BCUT2D eigenvalue weighted by Crippen LogP contribution is -2.40. The summed E-state index contributed by atoms with van der Waals surface area (Å²) in [4.78, 5) is 54.1. The van der Waals surface area contributed by atoms with Gasteiger partial charge in [0.25, 0.3) is 5.91 Å². The summed E-state index contributed by atoms with van der Waals surface area (Å²) < 4.78 is 15.0. The summed E-state index contributed by atoms with van der Waals surface area (Å²) in [7, 11) is -3.97. The highest BCUT2D eigenvalue weighted by Crippen LogP contribution is 2.52. The van der Waals surface area contributed by atoms with Crippen LogP contribution in [0.15, 0.2) is 54.6 Å². The van der Waals surface area contributed by atoms with Crippen LogP contribution in [0.2, 0.25) is 24.2 Å². The number of nitrogens with one attached hydrogen (secondary N) is 2. The minimum atomic E-state index is -4.41. The van der Waals surface area contributed by atoms with Crippen molar-refractivity contribution in [3.05, 3.63) is 99.1 Å². The average molecular weight is 689 g/mol. The molecule has 0 fully saturated rings. The molecule has 0 heterocycles. The van der Waals surface area contributed by atoms with Crippen molar-refractivity contribution in [2.75, 3.05) is 20.1 Å². The van der Waals surface area contributed by atoms with Gasteiger partial charge in [-0.25, -0.2) is 0 Å². The Morgan fingerprint density at radius 1 is 0.750 bits per heavy atom. The van der Waals surface area contributed by atoms with Crippen molar-refractivity contribution >= 4 is 43.3 Å². The minimum Gasteiger partial charge on any atom is -0.352 e. The molecule has 1 amide bonds. The number of rotatable bonds is 16. The van der Waals surface area contributed by atoms with Gasteiger partial charge in [0.1, 0.15) is 0 Å². The van der Waals surface area contributed by atoms with Crippen LogP contribution < -0.4 is 15.9 Å². The van der Waals surface area contributed by atoms with Crippen LogP contribution in [0.1, 0.15) is 104 Å². The third-order valence-corrected chi connectivity index (χ3v) is 18.3. The number of hydrogen-bond donors (Lipinski definition) is 2. The van der Waals surface area contributed by atoms with Crippen LogP contribution in [0.4, 0.5) is 0 Å². The van der Waals surface area contributed by atoms with Crippen LogP contribution in [-0.2, 0) is 4.57 Å². The molecule has 1 unspecified atom stereocenters. The Morgan fingerprint density at radius 3 is 1.69 bits per heavy atom. The van der Waals surface area contributed by atoms with E-state index in [1.54, 1.807) is 82.3 Å². The molecule has 0 aliphatic heterocycles. The van der Waals surface area contributed by atoms with Crippen molar-refractivity contribution in [3.63, 3.8) is 0 Å². The van der Waals surface area contributed by atoms with Gasteiger partial charge in [0.15, 0.2) is 5.78 Å². The smallest absolute Gasteiger partial charge is 0.251 e. The Bertz CT molecular complexity index is 1700. The van der Waals surface area contributed by atoms with E-state index in [4.69, 9.17) is 0 Å². The summed E-state index contributed by atoms with van der Waals surface area (Å²) in [6.07, 6.45) is 3.22. The summed E-state index contributed by atoms with van der Waals surface area (Å²) in [6, 6.07) is 15.7. The number of Topliss-reactive ketones (excluding diaryl/α,β-unsaturated/α-hetero) is 1. The van der Waals surface area contributed by atoms with Gasteiger partial charge in [0.05, 0.1) is 8.07 Å². The number of hydrogen-bond acceptors (Lipinski definition) is 6. The van der Waals surface area contributed by atoms with E-state index in [-0.39, 0.29) is 28.1 Å². The van der Waals surface area contributed by atoms with Crippen molar-refractivity contribution < 1.29 is 23.7 Å². The van der Waals surface area contributed by atoms with Crippen molar-refractivity contribution in [2.24, 2.45) is 0 Å². The molecule has 3 aromatic rings. The fourth-order valence-electron chi connectivity index (χ4n) is 6.43. The summed E-state index contributed by atoms with van der Waals surface area (Å²) in [6.45, 7) is 19.4. The zero-order valence-corrected chi connectivity index (χ0v) is 32.3. The van der Waals surface area contributed by atoms with Gasteiger partial charge in [0.2, 0.25) is 18.2 Å². The van der Waals surface area contributed by atoms with Crippen LogP contribution in [0.5, 0.6) is 0 Å². The number of benzene rings is 3. The normalized spacial score (nSPS) is 13.1. The molecule has 0 saturated heterocycles. The molecule has 9 heteroatoms. The molecule has 0 aromatic heterocycles. The van der Waals surface area contributed by atoms with E-state index in [2.05, 4.69) is 37.6 Å². The van der Waals surface area contributed by atoms with Gasteiger partial charge in [-0.1, -0.05) is 63.3 Å². The zero-order chi connectivity index (χ0) is 36.0. The summed E-state index contributed by atoms with van der Waals surface area (Å²) in [5, 5.41) is 6.73. The van der Waals surface area contributed by atoms with Gasteiger partial charge in [0, 0.05) is 34.1 Å². The number of amides is 1. The van der Waals surface area contributed by atoms with Crippen molar-refractivity contribution in [1.29, 1.82) is 0 Å². The van der Waals surface area contributed by atoms with Gasteiger partial charge in [-0.05, 0) is 119 Å². The van der Waals surface area contributed by atoms with E-state index >= 15 is 4.57 Å². The molecular formula is C39H53N2O5PSi. The van der Waals surface area contributed by atoms with Crippen molar-refractivity contribution in [2.45, 2.75) is 91.9 Å². The Morgan fingerprint density at radius 2 is 1.23 bits per heavy atom. The quantitative estimate of drug-likeness (QED) is 0.0677. The molecule has 0 saturated carbocycles. The molecule has 0 radical (unpaired) electrons. The van der Waals surface area contributed by atoms with Gasteiger partial charge >= 0.3 is 0 Å². The maximum atomic E-state index is 15.0. The monoisotopic (exact) mass is 688 g/mol. The van der Waals surface area contributed by atoms with Crippen molar-refractivity contribution in [1.82, 2.24) is 10.6 Å². The molecule has 0 spiro atoms. The number of carbonyl (C=O) groups excluding carboxylic acids is 4. The molecule has 3 aromatic carbocycles. The predicted octanol–water partition coefficient (Wildman–Crippen LogP) is 8.40. The third-order valence-electron chi connectivity index (χ3n) is 10.2. The van der Waals surface area contributed by atoms with Crippen LogP contribution in [0, 0.1) is 27.7 Å². The average Bonchev–Trinajstić information content (AvgIpc) is 3.02. The third kappa shape index (κ3) is 8.39. The SMILES string of the molecule is CNCCCC(C)(C)[Si](C)(C)CCCNC(=O)c1cc(C)c(C(=O)P(=O)(C(=O)c2c(C)cc(C(C)=O)cc2C)c2ccccc2)c(C)c1. The molecule has 2 N–H and O–H groups in total. The predicted molar refractivity (Wildman–Crippen MR) is 201 cm³/mol.